The van der Waals surface area contributed by atoms with Gasteiger partial charge in [0.1, 0.15) is 16.4 Å². The molecule has 1 aromatic carbocycles. The van der Waals surface area contributed by atoms with Crippen molar-refractivity contribution in [3.05, 3.63) is 18.2 Å². The number of carbonyl (C=O) groups is 1. The molecule has 2 N–H and O–H groups in total. The molecule has 140 valence electrons. The molecule has 0 saturated carbocycles. The number of piperazine rings is 1. The van der Waals surface area contributed by atoms with Gasteiger partial charge in [0.15, 0.2) is 0 Å². The fourth-order valence-corrected chi connectivity index (χ4v) is 4.30. The van der Waals surface area contributed by atoms with Crippen molar-refractivity contribution < 1.29 is 22.7 Å². The van der Waals surface area contributed by atoms with Gasteiger partial charge in [0.05, 0.1) is 14.2 Å². The average molecular weight is 371 g/mol. The number of hydrogen-bond acceptors (Lipinski definition) is 6. The molecule has 0 radical (unpaired) electrons. The first-order chi connectivity index (χ1) is 11.8. The zero-order valence-electron chi connectivity index (χ0n) is 14.8. The van der Waals surface area contributed by atoms with Gasteiger partial charge in [-0.3, -0.25) is 4.79 Å². The van der Waals surface area contributed by atoms with Crippen LogP contribution in [0.4, 0.5) is 0 Å². The summed E-state index contributed by atoms with van der Waals surface area (Å²) in [4.78, 5) is 13.8. The van der Waals surface area contributed by atoms with Crippen LogP contribution in [-0.4, -0.2) is 70.0 Å². The van der Waals surface area contributed by atoms with E-state index in [4.69, 9.17) is 15.2 Å². The second kappa shape index (κ2) is 8.03. The fourth-order valence-electron chi connectivity index (χ4n) is 2.71. The highest BCUT2D eigenvalue weighted by Gasteiger charge is 2.32. The Balaban J connectivity index is 2.16. The summed E-state index contributed by atoms with van der Waals surface area (Å²) in [5.41, 5.74) is 5.65. The van der Waals surface area contributed by atoms with Crippen LogP contribution in [0.15, 0.2) is 23.1 Å². The minimum absolute atomic E-state index is 0.0500. The molecule has 1 aliphatic rings. The molecule has 25 heavy (non-hydrogen) atoms. The van der Waals surface area contributed by atoms with E-state index in [-0.39, 0.29) is 42.1 Å². The molecule has 1 fully saturated rings. The predicted molar refractivity (Wildman–Crippen MR) is 93.2 cm³/mol. The maximum atomic E-state index is 13.0. The molecule has 1 heterocycles. The second-order valence-corrected chi connectivity index (χ2v) is 7.89. The number of nitrogens with two attached hydrogens (primary N) is 1. The number of nitrogens with zero attached hydrogens (tertiary/aromatic N) is 2. The van der Waals surface area contributed by atoms with Gasteiger partial charge in [-0.25, -0.2) is 8.42 Å². The molecule has 0 bridgehead atoms. The Hall–Kier alpha value is -1.84. The third kappa shape index (κ3) is 4.42. The molecule has 1 aromatic rings. The Morgan fingerprint density at radius 1 is 1.20 bits per heavy atom. The topological polar surface area (TPSA) is 102 Å². The lowest BCUT2D eigenvalue weighted by molar-refractivity contribution is -0.132. The quantitative estimate of drug-likeness (QED) is 0.770. The van der Waals surface area contributed by atoms with Crippen LogP contribution in [0.25, 0.3) is 0 Å². The van der Waals surface area contributed by atoms with Crippen LogP contribution in [-0.2, 0) is 14.8 Å². The second-order valence-electron chi connectivity index (χ2n) is 5.98. The molecule has 1 amide bonds. The van der Waals surface area contributed by atoms with E-state index in [9.17, 15) is 13.2 Å². The molecule has 2 rings (SSSR count). The number of methoxy groups -OCH3 is 2. The third-order valence-electron chi connectivity index (χ3n) is 4.08. The molecule has 1 aliphatic heterocycles. The van der Waals surface area contributed by atoms with Crippen molar-refractivity contribution >= 4 is 15.9 Å². The minimum Gasteiger partial charge on any atom is -0.497 e. The standard InChI is InChI=1S/C16H25N3O5S/c1-12(17)10-16(20)18-6-8-19(9-7-18)25(21,22)15-11-13(23-2)4-5-14(15)24-3/h4-5,11-12H,6-10,17H2,1-3H3. The summed E-state index contributed by atoms with van der Waals surface area (Å²) < 4.78 is 37.6. The number of sulfonamides is 1. The van der Waals surface area contributed by atoms with Gasteiger partial charge < -0.3 is 20.1 Å². The first kappa shape index (κ1) is 19.5. The molecule has 9 heteroatoms. The lowest BCUT2D eigenvalue weighted by Gasteiger charge is -2.34. The summed E-state index contributed by atoms with van der Waals surface area (Å²) in [6.07, 6.45) is 0.260. The fraction of sp³-hybridized carbons (Fsp3) is 0.562. The van der Waals surface area contributed by atoms with Crippen molar-refractivity contribution in [1.29, 1.82) is 0 Å². The average Bonchev–Trinajstić information content (AvgIpc) is 2.60. The van der Waals surface area contributed by atoms with Gasteiger partial charge in [-0.2, -0.15) is 4.31 Å². The van der Waals surface area contributed by atoms with Gasteiger partial charge in [-0.15, -0.1) is 0 Å². The van der Waals surface area contributed by atoms with Gasteiger partial charge in [0.25, 0.3) is 0 Å². The number of benzene rings is 1. The number of hydrogen-bond donors (Lipinski definition) is 1. The van der Waals surface area contributed by atoms with Gasteiger partial charge in [0.2, 0.25) is 15.9 Å². The van der Waals surface area contributed by atoms with Gasteiger partial charge in [0, 0.05) is 44.7 Å². The molecular weight excluding hydrogens is 346 g/mol. The van der Waals surface area contributed by atoms with E-state index >= 15 is 0 Å². The van der Waals surface area contributed by atoms with Crippen molar-refractivity contribution in [3.8, 4) is 11.5 Å². The van der Waals surface area contributed by atoms with E-state index in [2.05, 4.69) is 0 Å². The third-order valence-corrected chi connectivity index (χ3v) is 6.00. The summed E-state index contributed by atoms with van der Waals surface area (Å²) in [5, 5.41) is 0. The summed E-state index contributed by atoms with van der Waals surface area (Å²) in [6, 6.07) is 4.44. The largest absolute Gasteiger partial charge is 0.497 e. The first-order valence-corrected chi connectivity index (χ1v) is 9.49. The smallest absolute Gasteiger partial charge is 0.247 e. The Bertz CT molecular complexity index is 712. The highest BCUT2D eigenvalue weighted by Crippen LogP contribution is 2.31. The normalized spacial score (nSPS) is 17.2. The van der Waals surface area contributed by atoms with Crippen molar-refractivity contribution in [3.63, 3.8) is 0 Å². The molecule has 1 atom stereocenters. The number of rotatable bonds is 6. The van der Waals surface area contributed by atoms with E-state index in [1.165, 1.54) is 24.6 Å². The maximum absolute atomic E-state index is 13.0. The molecule has 1 saturated heterocycles. The van der Waals surface area contributed by atoms with Crippen LogP contribution >= 0.6 is 0 Å². The lowest BCUT2D eigenvalue weighted by atomic mass is 10.2. The number of ether oxygens (including phenoxy) is 2. The SMILES string of the molecule is COc1ccc(OC)c(S(=O)(=O)N2CCN(C(=O)CC(C)N)CC2)c1. The summed E-state index contributed by atoms with van der Waals surface area (Å²) in [5.74, 6) is 0.646. The van der Waals surface area contributed by atoms with Gasteiger partial charge in [-0.05, 0) is 19.1 Å². The van der Waals surface area contributed by atoms with E-state index in [1.807, 2.05) is 0 Å². The van der Waals surface area contributed by atoms with Crippen LogP contribution in [0, 0.1) is 0 Å². The highest BCUT2D eigenvalue weighted by atomic mass is 32.2. The van der Waals surface area contributed by atoms with Crippen molar-refractivity contribution in [2.45, 2.75) is 24.3 Å². The van der Waals surface area contributed by atoms with Gasteiger partial charge in [-0.1, -0.05) is 0 Å². The van der Waals surface area contributed by atoms with Crippen molar-refractivity contribution in [2.24, 2.45) is 5.73 Å². The number of carbonyl (C=O) groups excluding carboxylic acids is 1. The molecule has 0 aliphatic carbocycles. The Morgan fingerprint density at radius 2 is 1.84 bits per heavy atom. The molecule has 8 nitrogen and oxygen atoms in total. The van der Waals surface area contributed by atoms with Crippen LogP contribution in [0.2, 0.25) is 0 Å². The van der Waals surface area contributed by atoms with Crippen LogP contribution in [0.1, 0.15) is 13.3 Å². The van der Waals surface area contributed by atoms with E-state index in [0.29, 0.717) is 18.8 Å². The van der Waals surface area contributed by atoms with E-state index < -0.39 is 10.0 Å². The predicted octanol–water partition coefficient (Wildman–Crippen LogP) is 0.274. The molecule has 0 spiro atoms. The van der Waals surface area contributed by atoms with Crippen LogP contribution in [0.5, 0.6) is 11.5 Å². The maximum Gasteiger partial charge on any atom is 0.247 e. The van der Waals surface area contributed by atoms with Crippen molar-refractivity contribution in [1.82, 2.24) is 9.21 Å². The summed E-state index contributed by atoms with van der Waals surface area (Å²) >= 11 is 0. The molecular formula is C16H25N3O5S. The zero-order chi connectivity index (χ0) is 18.6. The van der Waals surface area contributed by atoms with Crippen molar-refractivity contribution in [2.75, 3.05) is 40.4 Å². The summed E-state index contributed by atoms with van der Waals surface area (Å²) in [6.45, 7) is 2.92. The molecule has 1 unspecified atom stereocenters. The van der Waals surface area contributed by atoms with E-state index in [0.717, 1.165) is 0 Å². The number of amides is 1. The van der Waals surface area contributed by atoms with Crippen LogP contribution in [0.3, 0.4) is 0 Å². The minimum atomic E-state index is -3.74. The first-order valence-electron chi connectivity index (χ1n) is 8.05. The summed E-state index contributed by atoms with van der Waals surface area (Å²) in [7, 11) is -0.849. The van der Waals surface area contributed by atoms with E-state index in [1.54, 1.807) is 24.0 Å². The monoisotopic (exact) mass is 371 g/mol. The molecule has 0 aromatic heterocycles. The Morgan fingerprint density at radius 3 is 2.36 bits per heavy atom. The highest BCUT2D eigenvalue weighted by molar-refractivity contribution is 7.89. The van der Waals surface area contributed by atoms with Crippen LogP contribution < -0.4 is 15.2 Å². The zero-order valence-corrected chi connectivity index (χ0v) is 15.6. The Labute approximate surface area is 148 Å². The lowest BCUT2D eigenvalue weighted by Crippen LogP contribution is -2.51. The Kier molecular flexibility index (Phi) is 6.26. The van der Waals surface area contributed by atoms with Gasteiger partial charge >= 0.3 is 0 Å².